The molecule has 0 aliphatic rings. The van der Waals surface area contributed by atoms with Gasteiger partial charge in [0.25, 0.3) is 5.56 Å². The van der Waals surface area contributed by atoms with Crippen LogP contribution in [0, 0.1) is 5.92 Å². The maximum absolute atomic E-state index is 12.9. The molecule has 0 unspecified atom stereocenters. The summed E-state index contributed by atoms with van der Waals surface area (Å²) in [5, 5.41) is 1.15. The van der Waals surface area contributed by atoms with Gasteiger partial charge in [-0.25, -0.2) is 4.98 Å². The van der Waals surface area contributed by atoms with Crippen molar-refractivity contribution in [3.63, 3.8) is 0 Å². The molecule has 0 atom stereocenters. The summed E-state index contributed by atoms with van der Waals surface area (Å²) in [4.78, 5) is 17.6. The van der Waals surface area contributed by atoms with Crippen LogP contribution in [-0.2, 0) is 6.42 Å². The molecule has 112 valence electrons. The number of fused-ring (bicyclic) bond motifs is 1. The topological polar surface area (TPSA) is 34.9 Å². The zero-order chi connectivity index (χ0) is 15.7. The minimum Gasteiger partial charge on any atom is -0.268 e. The van der Waals surface area contributed by atoms with E-state index in [1.807, 2.05) is 36.4 Å². The van der Waals surface area contributed by atoms with Crippen molar-refractivity contribution in [2.24, 2.45) is 5.92 Å². The van der Waals surface area contributed by atoms with Crippen molar-refractivity contribution in [3.8, 4) is 5.69 Å². The fraction of sp³-hybridized carbons (Fsp3) is 0.222. The Kier molecular flexibility index (Phi) is 3.99. The molecule has 2 aromatic carbocycles. The van der Waals surface area contributed by atoms with E-state index >= 15 is 0 Å². The summed E-state index contributed by atoms with van der Waals surface area (Å²) in [6, 6.07) is 14.8. The largest absolute Gasteiger partial charge is 0.268 e. The summed E-state index contributed by atoms with van der Waals surface area (Å²) in [6.45, 7) is 4.22. The average Bonchev–Trinajstić information content (AvgIpc) is 2.48. The van der Waals surface area contributed by atoms with Gasteiger partial charge in [-0.3, -0.25) is 9.36 Å². The van der Waals surface area contributed by atoms with Crippen LogP contribution in [0.1, 0.15) is 19.7 Å². The molecular formula is C18H17ClN2O. The Morgan fingerprint density at radius 1 is 1.09 bits per heavy atom. The maximum atomic E-state index is 12.9. The second-order valence-corrected chi connectivity index (χ2v) is 6.14. The van der Waals surface area contributed by atoms with Crippen molar-refractivity contribution >= 4 is 22.5 Å². The fourth-order valence-corrected chi connectivity index (χ4v) is 2.78. The van der Waals surface area contributed by atoms with Crippen molar-refractivity contribution < 1.29 is 0 Å². The first-order valence-electron chi connectivity index (χ1n) is 7.33. The zero-order valence-electron chi connectivity index (χ0n) is 12.6. The number of hydrogen-bond acceptors (Lipinski definition) is 2. The van der Waals surface area contributed by atoms with E-state index in [0.717, 1.165) is 11.3 Å². The fourth-order valence-electron chi connectivity index (χ4n) is 2.56. The SMILES string of the molecule is CC(C)Cc1nc2ccccc2c(=O)n1-c1ccccc1Cl. The van der Waals surface area contributed by atoms with Gasteiger partial charge in [-0.15, -0.1) is 0 Å². The number of rotatable bonds is 3. The normalized spacial score (nSPS) is 11.3. The lowest BCUT2D eigenvalue weighted by atomic mass is 10.1. The molecule has 0 aliphatic heterocycles. The van der Waals surface area contributed by atoms with Crippen LogP contribution in [-0.4, -0.2) is 9.55 Å². The lowest BCUT2D eigenvalue weighted by Crippen LogP contribution is -2.25. The highest BCUT2D eigenvalue weighted by molar-refractivity contribution is 6.32. The molecule has 0 saturated heterocycles. The van der Waals surface area contributed by atoms with Gasteiger partial charge in [0.1, 0.15) is 5.82 Å². The van der Waals surface area contributed by atoms with Crippen LogP contribution in [0.4, 0.5) is 0 Å². The van der Waals surface area contributed by atoms with Crippen LogP contribution in [0.2, 0.25) is 5.02 Å². The monoisotopic (exact) mass is 312 g/mol. The van der Waals surface area contributed by atoms with Crippen molar-refractivity contribution in [3.05, 3.63) is 69.7 Å². The van der Waals surface area contributed by atoms with Crippen LogP contribution < -0.4 is 5.56 Å². The van der Waals surface area contributed by atoms with E-state index < -0.39 is 0 Å². The van der Waals surface area contributed by atoms with E-state index in [2.05, 4.69) is 13.8 Å². The van der Waals surface area contributed by atoms with Gasteiger partial charge < -0.3 is 0 Å². The van der Waals surface area contributed by atoms with Crippen molar-refractivity contribution in [1.82, 2.24) is 9.55 Å². The Morgan fingerprint density at radius 3 is 2.50 bits per heavy atom. The van der Waals surface area contributed by atoms with E-state index in [1.165, 1.54) is 0 Å². The summed E-state index contributed by atoms with van der Waals surface area (Å²) < 4.78 is 1.64. The van der Waals surface area contributed by atoms with Gasteiger partial charge in [-0.05, 0) is 30.2 Å². The van der Waals surface area contributed by atoms with Crippen LogP contribution >= 0.6 is 11.6 Å². The molecular weight excluding hydrogens is 296 g/mol. The molecule has 1 aromatic heterocycles. The standard InChI is InChI=1S/C18H17ClN2O/c1-12(2)11-17-20-15-9-5-3-7-13(15)18(22)21(17)16-10-6-4-8-14(16)19/h3-10,12H,11H2,1-2H3. The number of aromatic nitrogens is 2. The molecule has 0 amide bonds. The molecule has 0 N–H and O–H groups in total. The lowest BCUT2D eigenvalue weighted by molar-refractivity contribution is 0.606. The molecule has 0 spiro atoms. The number of benzene rings is 2. The molecule has 3 nitrogen and oxygen atoms in total. The van der Waals surface area contributed by atoms with Gasteiger partial charge in [0.05, 0.1) is 21.6 Å². The Bertz CT molecular complexity index is 884. The smallest absolute Gasteiger partial charge is 0.266 e. The molecule has 22 heavy (non-hydrogen) atoms. The number of nitrogens with zero attached hydrogens (tertiary/aromatic N) is 2. The molecule has 0 bridgehead atoms. The first-order chi connectivity index (χ1) is 10.6. The van der Waals surface area contributed by atoms with E-state index in [1.54, 1.807) is 16.7 Å². The van der Waals surface area contributed by atoms with Gasteiger partial charge in [-0.2, -0.15) is 0 Å². The highest BCUT2D eigenvalue weighted by Gasteiger charge is 2.15. The molecule has 3 rings (SSSR count). The van der Waals surface area contributed by atoms with Crippen LogP contribution in [0.3, 0.4) is 0 Å². The minimum absolute atomic E-state index is 0.0747. The predicted molar refractivity (Wildman–Crippen MR) is 90.9 cm³/mol. The summed E-state index contributed by atoms with van der Waals surface area (Å²) in [5.41, 5.74) is 1.34. The first-order valence-corrected chi connectivity index (χ1v) is 7.71. The van der Waals surface area contributed by atoms with Gasteiger partial charge in [0.2, 0.25) is 0 Å². The molecule has 4 heteroatoms. The highest BCUT2D eigenvalue weighted by Crippen LogP contribution is 2.22. The summed E-state index contributed by atoms with van der Waals surface area (Å²) in [6.07, 6.45) is 0.714. The van der Waals surface area contributed by atoms with Crippen LogP contribution in [0.25, 0.3) is 16.6 Å². The van der Waals surface area contributed by atoms with Gasteiger partial charge in [0, 0.05) is 6.42 Å². The second kappa shape index (κ2) is 5.93. The third kappa shape index (κ3) is 2.64. The van der Waals surface area contributed by atoms with Crippen LogP contribution in [0.15, 0.2) is 53.3 Å². The molecule has 0 aliphatic carbocycles. The maximum Gasteiger partial charge on any atom is 0.266 e. The van der Waals surface area contributed by atoms with E-state index in [-0.39, 0.29) is 5.56 Å². The van der Waals surface area contributed by atoms with Crippen LogP contribution in [0.5, 0.6) is 0 Å². The average molecular weight is 313 g/mol. The third-order valence-corrected chi connectivity index (χ3v) is 3.85. The van der Waals surface area contributed by atoms with Crippen molar-refractivity contribution in [2.45, 2.75) is 20.3 Å². The van der Waals surface area contributed by atoms with Gasteiger partial charge in [0.15, 0.2) is 0 Å². The number of hydrogen-bond donors (Lipinski definition) is 0. The molecule has 3 aromatic rings. The second-order valence-electron chi connectivity index (χ2n) is 5.74. The Labute approximate surface area is 134 Å². The van der Waals surface area contributed by atoms with E-state index in [0.29, 0.717) is 28.4 Å². The van der Waals surface area contributed by atoms with Gasteiger partial charge >= 0.3 is 0 Å². The predicted octanol–water partition coefficient (Wildman–Crippen LogP) is 4.24. The summed E-state index contributed by atoms with van der Waals surface area (Å²) in [5.74, 6) is 1.13. The van der Waals surface area contributed by atoms with Crippen molar-refractivity contribution in [1.29, 1.82) is 0 Å². The molecule has 1 heterocycles. The molecule has 0 fully saturated rings. The lowest BCUT2D eigenvalue weighted by Gasteiger charge is -2.16. The molecule has 0 saturated carbocycles. The number of para-hydroxylation sites is 2. The van der Waals surface area contributed by atoms with Crippen molar-refractivity contribution in [2.75, 3.05) is 0 Å². The molecule has 0 radical (unpaired) electrons. The Hall–Kier alpha value is -2.13. The number of halogens is 1. The Balaban J connectivity index is 2.38. The third-order valence-electron chi connectivity index (χ3n) is 3.53. The first kappa shape index (κ1) is 14.8. The van der Waals surface area contributed by atoms with E-state index in [9.17, 15) is 4.79 Å². The quantitative estimate of drug-likeness (QED) is 0.725. The Morgan fingerprint density at radius 2 is 1.77 bits per heavy atom. The summed E-state index contributed by atoms with van der Waals surface area (Å²) >= 11 is 6.30. The summed E-state index contributed by atoms with van der Waals surface area (Å²) in [7, 11) is 0. The van der Waals surface area contributed by atoms with Gasteiger partial charge in [-0.1, -0.05) is 49.7 Å². The zero-order valence-corrected chi connectivity index (χ0v) is 13.3. The van der Waals surface area contributed by atoms with E-state index in [4.69, 9.17) is 16.6 Å². The minimum atomic E-state index is -0.0747. The highest BCUT2D eigenvalue weighted by atomic mass is 35.5.